The molecule has 1 saturated carbocycles. The minimum atomic E-state index is 0.463. The van der Waals surface area contributed by atoms with Crippen LogP contribution in [-0.4, -0.2) is 0 Å². The van der Waals surface area contributed by atoms with Crippen LogP contribution >= 0.6 is 0 Å². The first-order valence-corrected chi connectivity index (χ1v) is 12.7. The van der Waals surface area contributed by atoms with E-state index in [2.05, 4.69) is 60.6 Å². The Balaban J connectivity index is 1.57. The molecule has 0 aliphatic heterocycles. The van der Waals surface area contributed by atoms with Gasteiger partial charge < -0.3 is 0 Å². The van der Waals surface area contributed by atoms with Crippen LogP contribution in [0.1, 0.15) is 113 Å². The van der Waals surface area contributed by atoms with Gasteiger partial charge in [0.15, 0.2) is 0 Å². The summed E-state index contributed by atoms with van der Waals surface area (Å²) in [5.41, 5.74) is 8.45. The first-order valence-electron chi connectivity index (χ1n) is 12.7. The van der Waals surface area contributed by atoms with Crippen molar-refractivity contribution in [2.45, 2.75) is 113 Å². The maximum absolute atomic E-state index is 2.69. The van der Waals surface area contributed by atoms with Gasteiger partial charge >= 0.3 is 0 Å². The molecule has 0 heterocycles. The number of unbranched alkanes of at least 4 members (excludes halogenated alkanes) is 1. The Morgan fingerprint density at radius 1 is 1.03 bits per heavy atom. The van der Waals surface area contributed by atoms with E-state index in [0.29, 0.717) is 16.2 Å². The van der Waals surface area contributed by atoms with Gasteiger partial charge in [-0.2, -0.15) is 0 Å². The van der Waals surface area contributed by atoms with Crippen LogP contribution in [0.3, 0.4) is 0 Å². The summed E-state index contributed by atoms with van der Waals surface area (Å²) in [4.78, 5) is 0. The van der Waals surface area contributed by atoms with E-state index < -0.39 is 0 Å². The van der Waals surface area contributed by atoms with Gasteiger partial charge in [-0.3, -0.25) is 0 Å². The van der Waals surface area contributed by atoms with E-state index in [4.69, 9.17) is 0 Å². The zero-order valence-electron chi connectivity index (χ0n) is 20.5. The fraction of sp³-hybridized carbons (Fsp3) is 0.793. The molecule has 0 aromatic rings. The summed E-state index contributed by atoms with van der Waals surface area (Å²) >= 11 is 0. The first-order chi connectivity index (χ1) is 13.6. The lowest BCUT2D eigenvalue weighted by Crippen LogP contribution is -2.50. The third kappa shape index (κ3) is 3.32. The van der Waals surface area contributed by atoms with Crippen LogP contribution in [0.2, 0.25) is 0 Å². The molecule has 4 aliphatic carbocycles. The molecule has 1 fully saturated rings. The quantitative estimate of drug-likeness (QED) is 0.329. The monoisotopic (exact) mass is 394 g/mol. The molecule has 0 N–H and O–H groups in total. The molecule has 0 aromatic carbocycles. The van der Waals surface area contributed by atoms with Gasteiger partial charge in [-0.05, 0) is 123 Å². The van der Waals surface area contributed by atoms with Crippen molar-refractivity contribution in [3.05, 3.63) is 34.4 Å². The van der Waals surface area contributed by atoms with Gasteiger partial charge in [0.25, 0.3) is 0 Å². The van der Waals surface area contributed by atoms with Crippen molar-refractivity contribution in [1.82, 2.24) is 0 Å². The smallest absolute Gasteiger partial charge is 0.00415 e. The Morgan fingerprint density at radius 2 is 1.79 bits per heavy atom. The van der Waals surface area contributed by atoms with Crippen LogP contribution in [0.4, 0.5) is 0 Å². The standard InChI is InChI=1S/C29H46/c1-20(2)10-8-9-11-22-12-14-24-23-13-15-26-27(4,5)21(3)16-18-29(26,7)25(23)17-19-28(22,24)6/h10,14,21-22,26H,8-9,11-13,15-19H2,1-7H3. The SMILES string of the molecule is CC(C)=CCCCC1CC=C2C3=C(CCC21C)C1(C)CCC(C)C(C)(C)C1CC3. The third-order valence-corrected chi connectivity index (χ3v) is 10.4. The van der Waals surface area contributed by atoms with E-state index in [0.717, 1.165) is 17.8 Å². The average molecular weight is 395 g/mol. The van der Waals surface area contributed by atoms with E-state index in [1.807, 2.05) is 16.7 Å². The number of rotatable bonds is 4. The van der Waals surface area contributed by atoms with Crippen LogP contribution < -0.4 is 0 Å². The van der Waals surface area contributed by atoms with Crippen LogP contribution in [0, 0.1) is 34.0 Å². The van der Waals surface area contributed by atoms with Crippen molar-refractivity contribution < 1.29 is 0 Å². The Hall–Kier alpha value is -0.780. The Labute approximate surface area is 181 Å². The molecule has 0 bridgehead atoms. The molecule has 0 saturated heterocycles. The fourth-order valence-corrected chi connectivity index (χ4v) is 8.15. The highest BCUT2D eigenvalue weighted by atomic mass is 14.6. The predicted octanol–water partition coefficient (Wildman–Crippen LogP) is 9.04. The second kappa shape index (κ2) is 7.42. The van der Waals surface area contributed by atoms with Gasteiger partial charge in [-0.25, -0.2) is 0 Å². The van der Waals surface area contributed by atoms with Gasteiger partial charge in [0.1, 0.15) is 0 Å². The Kier molecular flexibility index (Phi) is 5.49. The van der Waals surface area contributed by atoms with Gasteiger partial charge in [-0.15, -0.1) is 0 Å². The lowest BCUT2D eigenvalue weighted by atomic mass is 9.45. The summed E-state index contributed by atoms with van der Waals surface area (Å²) < 4.78 is 0. The van der Waals surface area contributed by atoms with Crippen LogP contribution in [-0.2, 0) is 0 Å². The van der Waals surface area contributed by atoms with E-state index in [1.54, 1.807) is 0 Å². The minimum Gasteiger partial charge on any atom is -0.0859 e. The molecule has 4 aliphatic rings. The number of fused-ring (bicyclic) bond motifs is 4. The van der Waals surface area contributed by atoms with Gasteiger partial charge in [0.05, 0.1) is 0 Å². The summed E-state index contributed by atoms with van der Waals surface area (Å²) in [6, 6.07) is 0. The Bertz CT molecular complexity index is 740. The van der Waals surface area contributed by atoms with E-state index >= 15 is 0 Å². The lowest BCUT2D eigenvalue weighted by Gasteiger charge is -2.59. The van der Waals surface area contributed by atoms with Gasteiger partial charge in [-0.1, -0.05) is 57.9 Å². The number of hydrogen-bond acceptors (Lipinski definition) is 0. The molecule has 0 nitrogen and oxygen atoms in total. The molecule has 0 heteroatoms. The maximum atomic E-state index is 2.69. The van der Waals surface area contributed by atoms with Crippen LogP contribution in [0.5, 0.6) is 0 Å². The zero-order chi connectivity index (χ0) is 21.0. The van der Waals surface area contributed by atoms with Crippen LogP contribution in [0.15, 0.2) is 34.4 Å². The predicted molar refractivity (Wildman–Crippen MR) is 127 cm³/mol. The molecular weight excluding hydrogens is 348 g/mol. The van der Waals surface area contributed by atoms with Crippen molar-refractivity contribution in [1.29, 1.82) is 0 Å². The number of hydrogen-bond donors (Lipinski definition) is 0. The average Bonchev–Trinajstić information content (AvgIpc) is 2.99. The molecule has 29 heavy (non-hydrogen) atoms. The van der Waals surface area contributed by atoms with Crippen molar-refractivity contribution in [3.63, 3.8) is 0 Å². The highest BCUT2D eigenvalue weighted by Crippen LogP contribution is 2.67. The topological polar surface area (TPSA) is 0 Å². The maximum Gasteiger partial charge on any atom is -0.00415 e. The summed E-state index contributed by atoms with van der Waals surface area (Å²) in [5, 5.41) is 0. The molecule has 0 aromatic heterocycles. The van der Waals surface area contributed by atoms with E-state index in [-0.39, 0.29) is 0 Å². The van der Waals surface area contributed by atoms with Gasteiger partial charge in [0.2, 0.25) is 0 Å². The first kappa shape index (κ1) is 21.5. The lowest BCUT2D eigenvalue weighted by molar-refractivity contribution is -0.0335. The van der Waals surface area contributed by atoms with Crippen molar-refractivity contribution in [2.75, 3.05) is 0 Å². The molecule has 5 atom stereocenters. The van der Waals surface area contributed by atoms with E-state index in [1.165, 1.54) is 69.8 Å². The van der Waals surface area contributed by atoms with Gasteiger partial charge in [0, 0.05) is 0 Å². The highest BCUT2D eigenvalue weighted by Gasteiger charge is 2.56. The minimum absolute atomic E-state index is 0.463. The Morgan fingerprint density at radius 3 is 2.52 bits per heavy atom. The fourth-order valence-electron chi connectivity index (χ4n) is 8.15. The summed E-state index contributed by atoms with van der Waals surface area (Å²) in [6.07, 6.45) is 18.9. The third-order valence-electron chi connectivity index (χ3n) is 10.4. The van der Waals surface area contributed by atoms with Crippen LogP contribution in [0.25, 0.3) is 0 Å². The van der Waals surface area contributed by atoms with Crippen molar-refractivity contribution >= 4 is 0 Å². The summed E-state index contributed by atoms with van der Waals surface area (Å²) in [7, 11) is 0. The molecular formula is C29H46. The molecule has 0 spiro atoms. The van der Waals surface area contributed by atoms with E-state index in [9.17, 15) is 0 Å². The second-order valence-electron chi connectivity index (χ2n) is 12.4. The number of allylic oxidation sites excluding steroid dienone is 6. The second-order valence-corrected chi connectivity index (χ2v) is 12.4. The van der Waals surface area contributed by atoms with Crippen molar-refractivity contribution in [3.8, 4) is 0 Å². The normalized spacial score (nSPS) is 40.7. The molecule has 0 radical (unpaired) electrons. The molecule has 4 rings (SSSR count). The van der Waals surface area contributed by atoms with Crippen molar-refractivity contribution in [2.24, 2.45) is 34.0 Å². The zero-order valence-corrected chi connectivity index (χ0v) is 20.5. The highest BCUT2D eigenvalue weighted by molar-refractivity contribution is 5.49. The molecule has 5 unspecified atom stereocenters. The molecule has 162 valence electrons. The summed E-state index contributed by atoms with van der Waals surface area (Å²) in [6.45, 7) is 17.4. The largest absolute Gasteiger partial charge is 0.0859 e. The molecule has 0 amide bonds. The summed E-state index contributed by atoms with van der Waals surface area (Å²) in [5.74, 6) is 2.63.